The fourth-order valence-corrected chi connectivity index (χ4v) is 3.03. The van der Waals surface area contributed by atoms with Crippen LogP contribution in [0.1, 0.15) is 22.8 Å². The molecule has 0 aromatic carbocycles. The highest BCUT2D eigenvalue weighted by atomic mass is 32.2. The minimum absolute atomic E-state index is 0.00909. The molecule has 0 radical (unpaired) electrons. The molecule has 0 saturated heterocycles. The molecule has 0 aliphatic heterocycles. The second kappa shape index (κ2) is 5.11. The van der Waals surface area contributed by atoms with Crippen molar-refractivity contribution < 1.29 is 18.0 Å². The number of hydrogen-bond acceptors (Lipinski definition) is 6. The first-order chi connectivity index (χ1) is 8.94. The van der Waals surface area contributed by atoms with Gasteiger partial charge in [-0.25, -0.2) is 13.1 Å². The van der Waals surface area contributed by atoms with E-state index in [1.165, 1.54) is 0 Å². The Morgan fingerprint density at radius 2 is 2.21 bits per heavy atom. The van der Waals surface area contributed by atoms with Gasteiger partial charge < -0.3 is 9.63 Å². The molecule has 2 aromatic rings. The summed E-state index contributed by atoms with van der Waals surface area (Å²) in [6.07, 6.45) is 0. The fraction of sp³-hybridized carbons (Fsp3) is 0.400. The molecule has 0 unspecified atom stereocenters. The van der Waals surface area contributed by atoms with E-state index in [9.17, 15) is 8.42 Å². The van der Waals surface area contributed by atoms with Crippen molar-refractivity contribution in [3.05, 3.63) is 28.9 Å². The summed E-state index contributed by atoms with van der Waals surface area (Å²) >= 11 is 0. The van der Waals surface area contributed by atoms with Crippen molar-refractivity contribution >= 4 is 10.0 Å². The first-order valence-electron chi connectivity index (χ1n) is 5.50. The number of nitrogens with zero attached hydrogens (tertiary/aromatic N) is 2. The fourth-order valence-electron chi connectivity index (χ4n) is 1.68. The Bertz CT molecular complexity index is 674. The first kappa shape index (κ1) is 13.7. The van der Waals surface area contributed by atoms with Crippen LogP contribution in [0.15, 0.2) is 15.5 Å². The molecule has 9 heteroatoms. The summed E-state index contributed by atoms with van der Waals surface area (Å²) in [5, 5.41) is 19.0. The third kappa shape index (κ3) is 2.83. The molecule has 0 bridgehead atoms. The van der Waals surface area contributed by atoms with Gasteiger partial charge in [0.05, 0.1) is 24.5 Å². The van der Waals surface area contributed by atoms with E-state index in [-0.39, 0.29) is 17.1 Å². The van der Waals surface area contributed by atoms with E-state index < -0.39 is 16.6 Å². The molecule has 104 valence electrons. The Balaban J connectivity index is 2.20. The van der Waals surface area contributed by atoms with Crippen LogP contribution in [-0.2, 0) is 23.2 Å². The Hall–Kier alpha value is -1.71. The lowest BCUT2D eigenvalue weighted by molar-refractivity contribution is 0.273. The number of aryl methyl sites for hydroxylation is 2. The number of H-pyrrole nitrogens is 1. The molecule has 0 spiro atoms. The maximum atomic E-state index is 12.1. The van der Waals surface area contributed by atoms with Crippen molar-refractivity contribution in [3.8, 4) is 0 Å². The number of aliphatic hydroxyl groups is 1. The number of hydrogen-bond donors (Lipinski definition) is 3. The van der Waals surface area contributed by atoms with Gasteiger partial charge in [0.1, 0.15) is 16.3 Å². The van der Waals surface area contributed by atoms with E-state index in [0.29, 0.717) is 17.1 Å². The van der Waals surface area contributed by atoms with Crippen LogP contribution in [0.4, 0.5) is 0 Å². The van der Waals surface area contributed by atoms with Crippen LogP contribution in [0.3, 0.4) is 0 Å². The molecule has 0 saturated carbocycles. The van der Waals surface area contributed by atoms with Gasteiger partial charge in [-0.1, -0.05) is 5.16 Å². The lowest BCUT2D eigenvalue weighted by Crippen LogP contribution is -2.24. The lowest BCUT2D eigenvalue weighted by atomic mass is 10.4. The van der Waals surface area contributed by atoms with Gasteiger partial charge in [-0.05, 0) is 13.8 Å². The van der Waals surface area contributed by atoms with Gasteiger partial charge in [0.2, 0.25) is 10.0 Å². The normalized spacial score (nSPS) is 11.9. The van der Waals surface area contributed by atoms with Crippen LogP contribution in [0.2, 0.25) is 0 Å². The minimum Gasteiger partial charge on any atom is -0.390 e. The summed E-state index contributed by atoms with van der Waals surface area (Å²) in [7, 11) is -3.76. The summed E-state index contributed by atoms with van der Waals surface area (Å²) < 4.78 is 31.5. The van der Waals surface area contributed by atoms with Crippen molar-refractivity contribution in [2.75, 3.05) is 0 Å². The van der Waals surface area contributed by atoms with Crippen LogP contribution in [0, 0.1) is 13.8 Å². The smallest absolute Gasteiger partial charge is 0.244 e. The second-order valence-corrected chi connectivity index (χ2v) is 5.74. The summed E-state index contributed by atoms with van der Waals surface area (Å²) in [5.41, 5.74) is 0.932. The van der Waals surface area contributed by atoms with Crippen LogP contribution >= 0.6 is 0 Å². The zero-order valence-corrected chi connectivity index (χ0v) is 11.3. The zero-order chi connectivity index (χ0) is 14.0. The van der Waals surface area contributed by atoms with Gasteiger partial charge in [-0.3, -0.25) is 5.10 Å². The molecule has 8 nitrogen and oxygen atoms in total. The van der Waals surface area contributed by atoms with E-state index in [0.717, 1.165) is 0 Å². The van der Waals surface area contributed by atoms with E-state index in [1.807, 2.05) is 0 Å². The standard InChI is InChI=1S/C10H14N4O4S/c1-6-3-8(14-18-6)4-11-19(16,17)10-7(2)12-13-9(10)5-15/h3,11,15H,4-5H2,1-2H3,(H,12,13). The highest BCUT2D eigenvalue weighted by Crippen LogP contribution is 2.17. The average Bonchev–Trinajstić information content (AvgIpc) is 2.93. The molecule has 0 aliphatic rings. The highest BCUT2D eigenvalue weighted by Gasteiger charge is 2.23. The molecule has 0 atom stereocenters. The zero-order valence-electron chi connectivity index (χ0n) is 10.5. The third-order valence-corrected chi connectivity index (χ3v) is 4.10. The molecular formula is C10H14N4O4S. The van der Waals surface area contributed by atoms with E-state index >= 15 is 0 Å². The predicted molar refractivity (Wildman–Crippen MR) is 64.5 cm³/mol. The molecule has 2 aromatic heterocycles. The Kier molecular flexibility index (Phi) is 3.69. The largest absolute Gasteiger partial charge is 0.390 e. The van der Waals surface area contributed by atoms with Gasteiger partial charge >= 0.3 is 0 Å². The van der Waals surface area contributed by atoms with Crippen LogP contribution in [0.5, 0.6) is 0 Å². The highest BCUT2D eigenvalue weighted by molar-refractivity contribution is 7.89. The number of aromatic nitrogens is 3. The number of sulfonamides is 1. The predicted octanol–water partition coefficient (Wildman–Crippen LogP) is -0.0147. The SMILES string of the molecule is Cc1cc(CNS(=O)(=O)c2c(CO)n[nH]c2C)no1. The van der Waals surface area contributed by atoms with Gasteiger partial charge in [0, 0.05) is 6.07 Å². The van der Waals surface area contributed by atoms with E-state index in [4.69, 9.17) is 9.63 Å². The number of aromatic amines is 1. The van der Waals surface area contributed by atoms with Gasteiger partial charge in [0.15, 0.2) is 0 Å². The average molecular weight is 286 g/mol. The van der Waals surface area contributed by atoms with E-state index in [2.05, 4.69) is 20.1 Å². The van der Waals surface area contributed by atoms with Crippen molar-refractivity contribution in [3.63, 3.8) is 0 Å². The molecular weight excluding hydrogens is 272 g/mol. The first-order valence-corrected chi connectivity index (χ1v) is 6.99. The molecule has 0 aliphatic carbocycles. The Morgan fingerprint density at radius 1 is 1.47 bits per heavy atom. The quantitative estimate of drug-likeness (QED) is 0.710. The van der Waals surface area contributed by atoms with Crippen LogP contribution in [0.25, 0.3) is 0 Å². The summed E-state index contributed by atoms with van der Waals surface area (Å²) in [6, 6.07) is 1.64. The van der Waals surface area contributed by atoms with Gasteiger partial charge in [-0.15, -0.1) is 0 Å². The Morgan fingerprint density at radius 3 is 2.79 bits per heavy atom. The van der Waals surface area contributed by atoms with Gasteiger partial charge in [0.25, 0.3) is 0 Å². The molecule has 3 N–H and O–H groups in total. The van der Waals surface area contributed by atoms with Crippen molar-refractivity contribution in [1.82, 2.24) is 20.1 Å². The van der Waals surface area contributed by atoms with Crippen LogP contribution in [-0.4, -0.2) is 28.9 Å². The van der Waals surface area contributed by atoms with E-state index in [1.54, 1.807) is 19.9 Å². The Labute approximate surface area is 109 Å². The molecule has 2 heterocycles. The molecule has 0 fully saturated rings. The minimum atomic E-state index is -3.76. The lowest BCUT2D eigenvalue weighted by Gasteiger charge is -2.05. The topological polar surface area (TPSA) is 121 Å². The monoisotopic (exact) mass is 286 g/mol. The second-order valence-electron chi connectivity index (χ2n) is 4.04. The maximum absolute atomic E-state index is 12.1. The third-order valence-electron chi connectivity index (χ3n) is 2.50. The number of nitrogens with one attached hydrogen (secondary N) is 2. The summed E-state index contributed by atoms with van der Waals surface area (Å²) in [6.45, 7) is 2.84. The maximum Gasteiger partial charge on any atom is 0.244 e. The summed E-state index contributed by atoms with van der Waals surface area (Å²) in [5.74, 6) is 0.602. The van der Waals surface area contributed by atoms with Gasteiger partial charge in [-0.2, -0.15) is 5.10 Å². The summed E-state index contributed by atoms with van der Waals surface area (Å²) in [4.78, 5) is -0.0322. The van der Waals surface area contributed by atoms with Crippen LogP contribution < -0.4 is 4.72 Å². The number of rotatable bonds is 5. The van der Waals surface area contributed by atoms with Crippen molar-refractivity contribution in [2.24, 2.45) is 0 Å². The number of aliphatic hydroxyl groups excluding tert-OH is 1. The molecule has 2 rings (SSSR count). The van der Waals surface area contributed by atoms with Crippen molar-refractivity contribution in [2.45, 2.75) is 31.9 Å². The molecule has 19 heavy (non-hydrogen) atoms. The van der Waals surface area contributed by atoms with Crippen molar-refractivity contribution in [1.29, 1.82) is 0 Å². The molecule has 0 amide bonds.